The van der Waals surface area contributed by atoms with Gasteiger partial charge in [0.2, 0.25) is 5.91 Å². The molecule has 1 aromatic carbocycles. The fourth-order valence-electron chi connectivity index (χ4n) is 1.88. The maximum absolute atomic E-state index is 12.4. The second-order valence-electron chi connectivity index (χ2n) is 5.39. The van der Waals surface area contributed by atoms with E-state index in [0.717, 1.165) is 10.6 Å². The molecule has 5 nitrogen and oxygen atoms in total. The topological polar surface area (TPSA) is 70.0 Å². The van der Waals surface area contributed by atoms with Gasteiger partial charge in [0.1, 0.15) is 11.6 Å². The minimum absolute atomic E-state index is 0.263. The summed E-state index contributed by atoms with van der Waals surface area (Å²) in [5.41, 5.74) is -0.259. The van der Waals surface area contributed by atoms with Crippen LogP contribution >= 0.6 is 11.8 Å². The van der Waals surface area contributed by atoms with Gasteiger partial charge in [0, 0.05) is 18.4 Å². The Balaban J connectivity index is 2.15. The molecule has 1 unspecified atom stereocenters. The lowest BCUT2D eigenvalue weighted by molar-refractivity contribution is -0.155. The van der Waals surface area contributed by atoms with E-state index in [2.05, 4.69) is 4.99 Å². The maximum atomic E-state index is 12.4. The van der Waals surface area contributed by atoms with Crippen molar-refractivity contribution in [3.05, 3.63) is 35.9 Å². The van der Waals surface area contributed by atoms with Crippen molar-refractivity contribution in [3.63, 3.8) is 0 Å². The van der Waals surface area contributed by atoms with Gasteiger partial charge in [-0.15, -0.1) is 11.8 Å². The molecule has 0 radical (unpaired) electrons. The van der Waals surface area contributed by atoms with Crippen LogP contribution in [0, 0.1) is 0 Å². The van der Waals surface area contributed by atoms with E-state index >= 15 is 0 Å². The molecular formula is C15H18N2O3S. The van der Waals surface area contributed by atoms with E-state index in [1.54, 1.807) is 0 Å². The van der Waals surface area contributed by atoms with Gasteiger partial charge in [-0.25, -0.2) is 4.79 Å². The number of likely N-dealkylation sites (N-methyl/N-ethyl adjacent to an activating group) is 1. The molecule has 1 aromatic rings. The number of hydrogen-bond donors (Lipinski definition) is 1. The van der Waals surface area contributed by atoms with Gasteiger partial charge >= 0.3 is 5.97 Å². The molecule has 21 heavy (non-hydrogen) atoms. The SMILES string of the molecule is CN(C(=O)C1CSC(c2ccccc2)=N1)C(C)(C)C(=O)O. The zero-order chi connectivity index (χ0) is 15.6. The average molecular weight is 306 g/mol. The van der Waals surface area contributed by atoms with Gasteiger partial charge in [-0.05, 0) is 13.8 Å². The van der Waals surface area contributed by atoms with Crippen LogP contribution in [0.3, 0.4) is 0 Å². The van der Waals surface area contributed by atoms with Crippen molar-refractivity contribution in [2.75, 3.05) is 12.8 Å². The summed E-state index contributed by atoms with van der Waals surface area (Å²) in [4.78, 5) is 29.4. The number of nitrogens with zero attached hydrogens (tertiary/aromatic N) is 2. The second-order valence-corrected chi connectivity index (χ2v) is 6.40. The van der Waals surface area contributed by atoms with Crippen LogP contribution in [0.1, 0.15) is 19.4 Å². The first-order chi connectivity index (χ1) is 9.84. The Morgan fingerprint density at radius 3 is 2.52 bits per heavy atom. The zero-order valence-corrected chi connectivity index (χ0v) is 13.1. The standard InChI is InChI=1S/C15H18N2O3S/c1-15(2,14(19)20)17(3)13(18)11-9-21-12(16-11)10-7-5-4-6-8-10/h4-8,11H,9H2,1-3H3,(H,19,20). The van der Waals surface area contributed by atoms with Crippen LogP contribution in [0.15, 0.2) is 35.3 Å². The van der Waals surface area contributed by atoms with Crippen LogP contribution in [-0.4, -0.2) is 51.3 Å². The fourth-order valence-corrected chi connectivity index (χ4v) is 2.92. The third-order valence-corrected chi connectivity index (χ3v) is 4.75. The molecule has 1 aliphatic heterocycles. The number of benzene rings is 1. The number of rotatable bonds is 4. The Labute approximate surface area is 128 Å². The van der Waals surface area contributed by atoms with Crippen molar-refractivity contribution in [1.82, 2.24) is 4.90 Å². The van der Waals surface area contributed by atoms with E-state index in [1.807, 2.05) is 30.3 Å². The van der Waals surface area contributed by atoms with E-state index < -0.39 is 17.6 Å². The third-order valence-electron chi connectivity index (χ3n) is 3.65. The quantitative estimate of drug-likeness (QED) is 0.922. The second kappa shape index (κ2) is 5.89. The number of amides is 1. The highest BCUT2D eigenvalue weighted by Gasteiger charge is 2.39. The molecule has 6 heteroatoms. The number of hydrogen-bond acceptors (Lipinski definition) is 4. The molecule has 0 spiro atoms. The fraction of sp³-hybridized carbons (Fsp3) is 0.400. The van der Waals surface area contributed by atoms with E-state index in [-0.39, 0.29) is 5.91 Å². The molecule has 0 aromatic heterocycles. The molecular weight excluding hydrogens is 288 g/mol. The van der Waals surface area contributed by atoms with Crippen LogP contribution in [-0.2, 0) is 9.59 Å². The zero-order valence-electron chi connectivity index (χ0n) is 12.2. The number of carboxylic acids is 1. The Hall–Kier alpha value is -1.82. The van der Waals surface area contributed by atoms with Gasteiger partial charge in [0.15, 0.2) is 0 Å². The van der Waals surface area contributed by atoms with Crippen molar-refractivity contribution < 1.29 is 14.7 Å². The lowest BCUT2D eigenvalue weighted by Crippen LogP contribution is -2.53. The molecule has 1 aliphatic rings. The van der Waals surface area contributed by atoms with Gasteiger partial charge in [-0.1, -0.05) is 30.3 Å². The average Bonchev–Trinajstić information content (AvgIpc) is 2.96. The Morgan fingerprint density at radius 1 is 1.33 bits per heavy atom. The predicted octanol–water partition coefficient (Wildman–Crippen LogP) is 1.87. The summed E-state index contributed by atoms with van der Waals surface area (Å²) >= 11 is 1.52. The molecule has 1 atom stereocenters. The van der Waals surface area contributed by atoms with Crippen LogP contribution < -0.4 is 0 Å². The molecule has 0 bridgehead atoms. The first-order valence-electron chi connectivity index (χ1n) is 6.61. The van der Waals surface area contributed by atoms with Crippen LogP contribution in [0.4, 0.5) is 0 Å². The number of aliphatic imine (C=N–C) groups is 1. The molecule has 1 heterocycles. The molecule has 1 N–H and O–H groups in total. The highest BCUT2D eigenvalue weighted by molar-refractivity contribution is 8.14. The van der Waals surface area contributed by atoms with E-state index in [0.29, 0.717) is 5.75 Å². The van der Waals surface area contributed by atoms with E-state index in [9.17, 15) is 14.7 Å². The minimum atomic E-state index is -1.24. The highest BCUT2D eigenvalue weighted by Crippen LogP contribution is 2.26. The summed E-state index contributed by atoms with van der Waals surface area (Å²) in [5.74, 6) is -0.750. The molecule has 0 saturated heterocycles. The molecule has 1 amide bonds. The number of carbonyl (C=O) groups is 2. The molecule has 2 rings (SSSR count). The summed E-state index contributed by atoms with van der Waals surface area (Å²) in [6, 6.07) is 9.15. The van der Waals surface area contributed by atoms with Crippen LogP contribution in [0.5, 0.6) is 0 Å². The summed E-state index contributed by atoms with van der Waals surface area (Å²) in [6.45, 7) is 3.02. The Kier molecular flexibility index (Phi) is 4.37. The number of carboxylic acid groups (broad SMARTS) is 1. The first kappa shape index (κ1) is 15.6. The summed E-state index contributed by atoms with van der Waals surface area (Å²) in [6.07, 6.45) is 0. The Morgan fingerprint density at radius 2 is 1.95 bits per heavy atom. The van der Waals surface area contributed by atoms with Crippen LogP contribution in [0.2, 0.25) is 0 Å². The summed E-state index contributed by atoms with van der Waals surface area (Å²) < 4.78 is 0. The number of carbonyl (C=O) groups excluding carboxylic acids is 1. The summed E-state index contributed by atoms with van der Waals surface area (Å²) in [7, 11) is 1.51. The number of aliphatic carboxylic acids is 1. The lowest BCUT2D eigenvalue weighted by atomic mass is 10.0. The number of thioether (sulfide) groups is 1. The minimum Gasteiger partial charge on any atom is -0.480 e. The van der Waals surface area contributed by atoms with Crippen molar-refractivity contribution in [1.29, 1.82) is 0 Å². The van der Waals surface area contributed by atoms with E-state index in [4.69, 9.17) is 0 Å². The molecule has 0 saturated carbocycles. The predicted molar refractivity (Wildman–Crippen MR) is 83.7 cm³/mol. The van der Waals surface area contributed by atoms with Gasteiger partial charge in [-0.3, -0.25) is 9.79 Å². The van der Waals surface area contributed by atoms with Crippen molar-refractivity contribution in [3.8, 4) is 0 Å². The van der Waals surface area contributed by atoms with Crippen molar-refractivity contribution in [2.45, 2.75) is 25.4 Å². The molecule has 0 fully saturated rings. The largest absolute Gasteiger partial charge is 0.480 e. The first-order valence-corrected chi connectivity index (χ1v) is 7.59. The lowest BCUT2D eigenvalue weighted by Gasteiger charge is -2.32. The molecule has 112 valence electrons. The van der Waals surface area contributed by atoms with Crippen molar-refractivity contribution >= 4 is 28.7 Å². The normalized spacial score (nSPS) is 18.2. The van der Waals surface area contributed by atoms with Gasteiger partial charge < -0.3 is 10.0 Å². The van der Waals surface area contributed by atoms with Gasteiger partial charge in [-0.2, -0.15) is 0 Å². The summed E-state index contributed by atoms with van der Waals surface area (Å²) in [5, 5.41) is 10.0. The van der Waals surface area contributed by atoms with Crippen LogP contribution in [0.25, 0.3) is 0 Å². The smallest absolute Gasteiger partial charge is 0.329 e. The third kappa shape index (κ3) is 3.10. The van der Waals surface area contributed by atoms with E-state index in [1.165, 1.54) is 37.6 Å². The monoisotopic (exact) mass is 306 g/mol. The van der Waals surface area contributed by atoms with Gasteiger partial charge in [0.25, 0.3) is 0 Å². The maximum Gasteiger partial charge on any atom is 0.329 e. The Bertz CT molecular complexity index is 584. The van der Waals surface area contributed by atoms with Gasteiger partial charge in [0.05, 0.1) is 5.04 Å². The molecule has 0 aliphatic carbocycles. The highest BCUT2D eigenvalue weighted by atomic mass is 32.2. The van der Waals surface area contributed by atoms with Crippen molar-refractivity contribution in [2.24, 2.45) is 4.99 Å².